The summed E-state index contributed by atoms with van der Waals surface area (Å²) in [6.07, 6.45) is -0.162. The molecule has 4 rings (SSSR count). The van der Waals surface area contributed by atoms with Crippen molar-refractivity contribution < 1.29 is 14.3 Å². The molecule has 1 aliphatic rings. The average Bonchev–Trinajstić information content (AvgIpc) is 2.96. The van der Waals surface area contributed by atoms with Crippen molar-refractivity contribution in [2.75, 3.05) is 7.11 Å². The average molecular weight is 333 g/mol. The lowest BCUT2D eigenvalue weighted by Crippen LogP contribution is -2.12. The summed E-state index contributed by atoms with van der Waals surface area (Å²) in [5, 5.41) is 0. The van der Waals surface area contributed by atoms with E-state index in [1.54, 1.807) is 0 Å². The highest BCUT2D eigenvalue weighted by molar-refractivity contribution is 6.00. The van der Waals surface area contributed by atoms with Crippen LogP contribution in [0.4, 0.5) is 0 Å². The third-order valence-corrected chi connectivity index (χ3v) is 4.73. The van der Waals surface area contributed by atoms with E-state index in [2.05, 4.69) is 0 Å². The smallest absolute Gasteiger partial charge is 0.355 e. The molecule has 3 aromatic rings. The second-order valence-corrected chi connectivity index (χ2v) is 6.16. The van der Waals surface area contributed by atoms with Crippen LogP contribution in [-0.4, -0.2) is 17.6 Å². The van der Waals surface area contributed by atoms with Crippen LogP contribution in [0.15, 0.2) is 54.6 Å². The van der Waals surface area contributed by atoms with Crippen LogP contribution in [-0.2, 0) is 11.8 Å². The quantitative estimate of drug-likeness (QED) is 0.644. The van der Waals surface area contributed by atoms with Crippen LogP contribution >= 0.6 is 0 Å². The molecule has 4 heteroatoms. The Morgan fingerprint density at radius 3 is 2.48 bits per heavy atom. The van der Waals surface area contributed by atoms with Crippen LogP contribution < -0.4 is 4.74 Å². The van der Waals surface area contributed by atoms with Gasteiger partial charge in [-0.3, -0.25) is 0 Å². The highest BCUT2D eigenvalue weighted by Gasteiger charge is 2.34. The Bertz CT molecular complexity index is 957. The Labute approximate surface area is 146 Å². The predicted molar refractivity (Wildman–Crippen MR) is 96.7 cm³/mol. The van der Waals surface area contributed by atoms with Crippen LogP contribution in [0.25, 0.3) is 22.4 Å². The summed E-state index contributed by atoms with van der Waals surface area (Å²) in [6.45, 7) is 2.02. The monoisotopic (exact) mass is 333 g/mol. The van der Waals surface area contributed by atoms with Gasteiger partial charge in [-0.05, 0) is 24.6 Å². The van der Waals surface area contributed by atoms with E-state index in [0.29, 0.717) is 5.69 Å². The van der Waals surface area contributed by atoms with Crippen LogP contribution in [0.5, 0.6) is 5.75 Å². The van der Waals surface area contributed by atoms with E-state index in [0.717, 1.165) is 33.7 Å². The molecule has 0 amide bonds. The molecular weight excluding hydrogens is 314 g/mol. The van der Waals surface area contributed by atoms with Crippen LogP contribution in [0.3, 0.4) is 0 Å². The van der Waals surface area contributed by atoms with E-state index in [9.17, 15) is 4.79 Å². The molecule has 25 heavy (non-hydrogen) atoms. The fraction of sp³-hybridized carbons (Fsp3) is 0.190. The van der Waals surface area contributed by atoms with Gasteiger partial charge in [-0.1, -0.05) is 42.5 Å². The van der Waals surface area contributed by atoms with E-state index in [-0.39, 0.29) is 12.1 Å². The Morgan fingerprint density at radius 2 is 1.76 bits per heavy atom. The van der Waals surface area contributed by atoms with E-state index >= 15 is 0 Å². The molecule has 0 spiro atoms. The molecule has 0 saturated heterocycles. The zero-order valence-electron chi connectivity index (χ0n) is 14.4. The van der Waals surface area contributed by atoms with Crippen molar-refractivity contribution in [2.24, 2.45) is 7.05 Å². The fourth-order valence-corrected chi connectivity index (χ4v) is 3.67. The van der Waals surface area contributed by atoms with Crippen molar-refractivity contribution in [1.29, 1.82) is 0 Å². The van der Waals surface area contributed by atoms with E-state index in [1.165, 1.54) is 7.11 Å². The largest absolute Gasteiger partial charge is 0.485 e. The number of hydrogen-bond donors (Lipinski definition) is 0. The summed E-state index contributed by atoms with van der Waals surface area (Å²) in [4.78, 5) is 12.6. The molecule has 4 nitrogen and oxygen atoms in total. The van der Waals surface area contributed by atoms with E-state index in [4.69, 9.17) is 9.47 Å². The summed E-state index contributed by atoms with van der Waals surface area (Å²) in [5.41, 5.74) is 5.43. The molecule has 1 aliphatic heterocycles. The Balaban J connectivity index is 2.11. The first-order valence-corrected chi connectivity index (χ1v) is 8.25. The third-order valence-electron chi connectivity index (χ3n) is 4.73. The highest BCUT2D eigenvalue weighted by atomic mass is 16.5. The first kappa shape index (κ1) is 15.5. The minimum absolute atomic E-state index is 0.162. The first-order chi connectivity index (χ1) is 12.1. The lowest BCUT2D eigenvalue weighted by atomic mass is 9.93. The molecule has 0 aliphatic carbocycles. The molecular formula is C21H19NO3. The number of fused-ring (bicyclic) bond motifs is 3. The number of esters is 1. The molecule has 0 unspecified atom stereocenters. The minimum atomic E-state index is -0.347. The van der Waals surface area contributed by atoms with Crippen LogP contribution in [0, 0.1) is 0 Å². The number of carbonyl (C=O) groups excluding carboxylic acids is 1. The van der Waals surface area contributed by atoms with Gasteiger partial charge in [-0.15, -0.1) is 0 Å². The maximum atomic E-state index is 12.6. The number of nitrogens with zero attached hydrogens (tertiary/aromatic N) is 1. The number of carbonyl (C=O) groups is 1. The first-order valence-electron chi connectivity index (χ1n) is 8.25. The number of methoxy groups -OCH3 is 1. The molecule has 0 N–H and O–H groups in total. The summed E-state index contributed by atoms with van der Waals surface area (Å²) in [6, 6.07) is 17.8. The number of aromatic nitrogens is 1. The number of rotatable bonds is 2. The van der Waals surface area contributed by atoms with Crippen LogP contribution in [0.1, 0.15) is 29.1 Å². The number of ether oxygens (including phenoxy) is 2. The van der Waals surface area contributed by atoms with E-state index < -0.39 is 0 Å². The van der Waals surface area contributed by atoms with Gasteiger partial charge >= 0.3 is 5.97 Å². The minimum Gasteiger partial charge on any atom is -0.485 e. The van der Waals surface area contributed by atoms with Gasteiger partial charge < -0.3 is 14.0 Å². The normalized spacial score (nSPS) is 15.1. The van der Waals surface area contributed by atoms with Gasteiger partial charge in [0.25, 0.3) is 0 Å². The second kappa shape index (κ2) is 5.81. The SMILES string of the molecule is COC(=O)c1c(-c2ccccc2)c2c(n1C)-c1ccccc1O[C@H]2C. The summed E-state index contributed by atoms with van der Waals surface area (Å²) in [7, 11) is 3.32. The number of benzene rings is 2. The molecule has 1 atom stereocenters. The maximum Gasteiger partial charge on any atom is 0.355 e. The number of hydrogen-bond acceptors (Lipinski definition) is 3. The summed E-state index contributed by atoms with van der Waals surface area (Å²) < 4.78 is 13.1. The Morgan fingerprint density at radius 1 is 1.08 bits per heavy atom. The van der Waals surface area contributed by atoms with Gasteiger partial charge in [0.15, 0.2) is 0 Å². The molecule has 0 bridgehead atoms. The zero-order valence-corrected chi connectivity index (χ0v) is 14.4. The summed E-state index contributed by atoms with van der Waals surface area (Å²) in [5.74, 6) is 0.486. The molecule has 0 saturated carbocycles. The van der Waals surface area contributed by atoms with Crippen molar-refractivity contribution in [2.45, 2.75) is 13.0 Å². The van der Waals surface area contributed by atoms with Gasteiger partial charge in [0.05, 0.1) is 12.8 Å². The van der Waals surface area contributed by atoms with Gasteiger partial charge in [-0.25, -0.2) is 4.79 Å². The Kier molecular flexibility index (Phi) is 3.61. The Hall–Kier alpha value is -3.01. The van der Waals surface area contributed by atoms with Crippen molar-refractivity contribution >= 4 is 5.97 Å². The zero-order chi connectivity index (χ0) is 17.6. The summed E-state index contributed by atoms with van der Waals surface area (Å²) >= 11 is 0. The standard InChI is InChI=1S/C21H19NO3/c1-13-17-18(14-9-5-4-6-10-14)20(21(23)24-3)22(2)19(17)15-11-7-8-12-16(15)25-13/h4-13H,1-3H3/t13-/m0/s1. The third kappa shape index (κ3) is 2.25. The lowest BCUT2D eigenvalue weighted by Gasteiger charge is -2.25. The lowest BCUT2D eigenvalue weighted by molar-refractivity contribution is 0.0591. The van der Waals surface area contributed by atoms with Gasteiger partial charge in [-0.2, -0.15) is 0 Å². The van der Waals surface area contributed by atoms with Crippen LogP contribution in [0.2, 0.25) is 0 Å². The maximum absolute atomic E-state index is 12.6. The molecule has 2 heterocycles. The van der Waals surface area contributed by atoms with Gasteiger partial charge in [0.1, 0.15) is 17.5 Å². The molecule has 2 aromatic carbocycles. The highest BCUT2D eigenvalue weighted by Crippen LogP contribution is 2.48. The van der Waals surface area contributed by atoms with Crippen molar-refractivity contribution in [3.05, 3.63) is 65.9 Å². The molecule has 0 radical (unpaired) electrons. The van der Waals surface area contributed by atoms with Crippen molar-refractivity contribution in [1.82, 2.24) is 4.57 Å². The van der Waals surface area contributed by atoms with Crippen molar-refractivity contribution in [3.63, 3.8) is 0 Å². The van der Waals surface area contributed by atoms with Gasteiger partial charge in [0, 0.05) is 23.7 Å². The molecule has 126 valence electrons. The molecule has 0 fully saturated rings. The van der Waals surface area contributed by atoms with Gasteiger partial charge in [0.2, 0.25) is 0 Å². The number of para-hydroxylation sites is 1. The van der Waals surface area contributed by atoms with Crippen molar-refractivity contribution in [3.8, 4) is 28.1 Å². The predicted octanol–water partition coefficient (Wildman–Crippen LogP) is 4.60. The second-order valence-electron chi connectivity index (χ2n) is 6.16. The fourth-order valence-electron chi connectivity index (χ4n) is 3.67. The molecule has 1 aromatic heterocycles. The van der Waals surface area contributed by atoms with E-state index in [1.807, 2.05) is 73.1 Å². The topological polar surface area (TPSA) is 40.5 Å².